The first-order valence-electron chi connectivity index (χ1n) is 2.35. The van der Waals surface area contributed by atoms with Crippen molar-refractivity contribution >= 4 is 5.91 Å². The van der Waals surface area contributed by atoms with E-state index in [-0.39, 0.29) is 0 Å². The lowest BCUT2D eigenvalue weighted by atomic mass is 10.7. The minimum Gasteiger partial charge on any atom is -0.386 e. The fraction of sp³-hybridized carbons (Fsp3) is 0.250. The second-order valence-electron chi connectivity index (χ2n) is 1.37. The van der Waals surface area contributed by atoms with Crippen LogP contribution in [0.5, 0.6) is 0 Å². The average molecular weight is 127 g/mol. The van der Waals surface area contributed by atoms with E-state index >= 15 is 0 Å². The lowest BCUT2D eigenvalue weighted by Gasteiger charge is -1.89. The van der Waals surface area contributed by atoms with Crippen LogP contribution < -0.4 is 0 Å². The first kappa shape index (κ1) is 5.90. The van der Waals surface area contributed by atoms with Crippen LogP contribution in [-0.4, -0.2) is 32.6 Å². The van der Waals surface area contributed by atoms with Crippen LogP contribution in [0.15, 0.2) is 12.4 Å². The first-order valence-corrected chi connectivity index (χ1v) is 2.35. The zero-order valence-electron chi connectivity index (χ0n) is 4.56. The van der Waals surface area contributed by atoms with E-state index in [4.69, 9.17) is 5.11 Å². The van der Waals surface area contributed by atoms with Crippen molar-refractivity contribution in [3.05, 3.63) is 12.4 Å². The van der Waals surface area contributed by atoms with Crippen LogP contribution >= 0.6 is 0 Å². The molecule has 0 aliphatic heterocycles. The minimum absolute atomic E-state index is 0.528. The number of nitrogens with zero attached hydrogens (tertiary/aromatic N) is 3. The molecule has 0 aromatic carbocycles. The highest BCUT2D eigenvalue weighted by atomic mass is 16.3. The maximum absolute atomic E-state index is 10.5. The van der Waals surface area contributed by atoms with E-state index in [1.807, 2.05) is 0 Å². The number of aliphatic hydroxyl groups is 1. The van der Waals surface area contributed by atoms with Crippen LogP contribution in [0.1, 0.15) is 4.79 Å². The molecule has 1 N–H and O–H groups in total. The summed E-state index contributed by atoms with van der Waals surface area (Å²) in [5.41, 5.74) is 0. The molecule has 0 bridgehead atoms. The molecule has 9 heavy (non-hydrogen) atoms. The second-order valence-corrected chi connectivity index (χ2v) is 1.37. The van der Waals surface area contributed by atoms with Crippen LogP contribution in [0.4, 0.5) is 0 Å². The topological polar surface area (TPSA) is 68.0 Å². The van der Waals surface area contributed by atoms with Gasteiger partial charge >= 0.3 is 0 Å². The Bertz CT molecular complexity index is 194. The van der Waals surface area contributed by atoms with Gasteiger partial charge < -0.3 is 5.11 Å². The summed E-state index contributed by atoms with van der Waals surface area (Å²) in [7, 11) is 0. The maximum Gasteiger partial charge on any atom is 0.289 e. The quantitative estimate of drug-likeness (QED) is 0.520. The first-order chi connectivity index (χ1) is 4.34. The third-order valence-corrected chi connectivity index (χ3v) is 0.777. The highest BCUT2D eigenvalue weighted by molar-refractivity contribution is 5.77. The van der Waals surface area contributed by atoms with Crippen molar-refractivity contribution in [2.24, 2.45) is 0 Å². The third kappa shape index (κ3) is 1.11. The Kier molecular flexibility index (Phi) is 1.55. The zero-order chi connectivity index (χ0) is 6.69. The molecule has 48 valence electrons. The van der Waals surface area contributed by atoms with Gasteiger partial charge in [0.2, 0.25) is 0 Å². The smallest absolute Gasteiger partial charge is 0.289 e. The molecule has 0 spiro atoms. The summed E-state index contributed by atoms with van der Waals surface area (Å²) in [4.78, 5) is 11.3. The molecule has 0 aliphatic carbocycles. The van der Waals surface area contributed by atoms with Crippen LogP contribution in [-0.2, 0) is 0 Å². The molecule has 0 saturated heterocycles. The number of aromatic nitrogens is 3. The van der Waals surface area contributed by atoms with Gasteiger partial charge in [-0.3, -0.25) is 4.79 Å². The summed E-state index contributed by atoms with van der Waals surface area (Å²) in [6.45, 7) is -0.561. The molecule has 0 unspecified atom stereocenters. The van der Waals surface area contributed by atoms with E-state index in [0.717, 1.165) is 4.80 Å². The average Bonchev–Trinajstić information content (AvgIpc) is 2.37. The fourth-order valence-electron chi connectivity index (χ4n) is 0.408. The van der Waals surface area contributed by atoms with E-state index < -0.39 is 12.5 Å². The van der Waals surface area contributed by atoms with Gasteiger partial charge in [-0.1, -0.05) is 0 Å². The molecule has 0 fully saturated rings. The number of carbonyl (C=O) groups is 1. The van der Waals surface area contributed by atoms with E-state index in [1.54, 1.807) is 0 Å². The molecule has 5 nitrogen and oxygen atoms in total. The van der Waals surface area contributed by atoms with Gasteiger partial charge in [0, 0.05) is 0 Å². The number of rotatable bonds is 1. The molecule has 1 aromatic heterocycles. The van der Waals surface area contributed by atoms with Gasteiger partial charge in [0.25, 0.3) is 5.91 Å². The van der Waals surface area contributed by atoms with Gasteiger partial charge in [-0.25, -0.2) is 0 Å². The molecule has 5 heteroatoms. The molecule has 0 radical (unpaired) electrons. The summed E-state index contributed by atoms with van der Waals surface area (Å²) in [5.74, 6) is -0.528. The van der Waals surface area contributed by atoms with Crippen molar-refractivity contribution in [2.45, 2.75) is 0 Å². The van der Waals surface area contributed by atoms with Gasteiger partial charge in [0.15, 0.2) is 0 Å². The summed E-state index contributed by atoms with van der Waals surface area (Å²) in [6, 6.07) is 0. The van der Waals surface area contributed by atoms with Gasteiger partial charge in [-0.2, -0.15) is 10.2 Å². The predicted octanol–water partition coefficient (Wildman–Crippen LogP) is -1.09. The Balaban J connectivity index is 2.77. The fourth-order valence-corrected chi connectivity index (χ4v) is 0.408. The number of hydrogen-bond acceptors (Lipinski definition) is 4. The van der Waals surface area contributed by atoms with Crippen LogP contribution in [0.25, 0.3) is 0 Å². The van der Waals surface area contributed by atoms with E-state index in [9.17, 15) is 4.79 Å². The Morgan fingerprint density at radius 1 is 1.56 bits per heavy atom. The summed E-state index contributed by atoms with van der Waals surface area (Å²) in [5, 5.41) is 15.2. The van der Waals surface area contributed by atoms with Crippen molar-refractivity contribution in [2.75, 3.05) is 6.61 Å². The molecule has 0 aliphatic rings. The van der Waals surface area contributed by atoms with E-state index in [0.29, 0.717) is 0 Å². The van der Waals surface area contributed by atoms with Gasteiger partial charge in [0.05, 0.1) is 12.4 Å². The molecule has 0 saturated carbocycles. The summed E-state index contributed by atoms with van der Waals surface area (Å²) < 4.78 is 0. The van der Waals surface area contributed by atoms with Crippen LogP contribution in [0.2, 0.25) is 0 Å². The van der Waals surface area contributed by atoms with Crippen molar-refractivity contribution < 1.29 is 9.90 Å². The molecule has 0 atom stereocenters. The Morgan fingerprint density at radius 2 is 2.11 bits per heavy atom. The predicted molar refractivity (Wildman–Crippen MR) is 27.7 cm³/mol. The third-order valence-electron chi connectivity index (χ3n) is 0.777. The van der Waals surface area contributed by atoms with Gasteiger partial charge in [-0.15, -0.1) is 4.80 Å². The molecule has 1 rings (SSSR count). The standard InChI is InChI=1S/C4H5N3O2/c8-3-4(9)7-5-1-2-6-7/h1-2,8H,3H2. The maximum atomic E-state index is 10.5. The lowest BCUT2D eigenvalue weighted by Crippen LogP contribution is -2.17. The molecular weight excluding hydrogens is 122 g/mol. The van der Waals surface area contributed by atoms with Crippen molar-refractivity contribution in [1.82, 2.24) is 15.0 Å². The Morgan fingerprint density at radius 3 is 2.56 bits per heavy atom. The highest BCUT2D eigenvalue weighted by Gasteiger charge is 2.00. The number of carbonyl (C=O) groups excluding carboxylic acids is 1. The minimum atomic E-state index is -0.561. The van der Waals surface area contributed by atoms with E-state index in [1.165, 1.54) is 12.4 Å². The number of hydrogen-bond donors (Lipinski definition) is 1. The second kappa shape index (κ2) is 2.36. The number of aliphatic hydroxyl groups excluding tert-OH is 1. The molecule has 0 amide bonds. The SMILES string of the molecule is O=C(CO)n1nccn1. The van der Waals surface area contributed by atoms with Crippen LogP contribution in [0, 0.1) is 0 Å². The molecule has 1 heterocycles. The normalized spacial score (nSPS) is 9.44. The Labute approximate surface area is 50.9 Å². The lowest BCUT2D eigenvalue weighted by molar-refractivity contribution is 0.0782. The summed E-state index contributed by atoms with van der Waals surface area (Å²) in [6.07, 6.45) is 2.74. The Hall–Kier alpha value is -1.23. The van der Waals surface area contributed by atoms with Gasteiger partial charge in [0.1, 0.15) is 6.61 Å². The van der Waals surface area contributed by atoms with Crippen molar-refractivity contribution in [1.29, 1.82) is 0 Å². The molecular formula is C4H5N3O2. The molecule has 1 aromatic rings. The van der Waals surface area contributed by atoms with Crippen molar-refractivity contribution in [3.63, 3.8) is 0 Å². The monoisotopic (exact) mass is 127 g/mol. The zero-order valence-corrected chi connectivity index (χ0v) is 4.56. The highest BCUT2D eigenvalue weighted by Crippen LogP contribution is 1.75. The summed E-state index contributed by atoms with van der Waals surface area (Å²) >= 11 is 0. The van der Waals surface area contributed by atoms with E-state index in [2.05, 4.69) is 10.2 Å². The van der Waals surface area contributed by atoms with Crippen molar-refractivity contribution in [3.8, 4) is 0 Å². The van der Waals surface area contributed by atoms with Crippen LogP contribution in [0.3, 0.4) is 0 Å². The van der Waals surface area contributed by atoms with Gasteiger partial charge in [-0.05, 0) is 0 Å². The largest absolute Gasteiger partial charge is 0.386 e.